The summed E-state index contributed by atoms with van der Waals surface area (Å²) in [6.45, 7) is 7.41. The molecule has 1 fully saturated rings. The second-order valence-electron chi connectivity index (χ2n) is 6.82. The van der Waals surface area contributed by atoms with Gasteiger partial charge in [-0.05, 0) is 31.0 Å². The molecule has 1 saturated heterocycles. The first-order valence-electron chi connectivity index (χ1n) is 9.14. The fourth-order valence-corrected chi connectivity index (χ4v) is 3.50. The average molecular weight is 337 g/mol. The third kappa shape index (κ3) is 4.67. The first-order valence-corrected chi connectivity index (χ1v) is 9.14. The van der Waals surface area contributed by atoms with E-state index in [1.807, 2.05) is 31.2 Å². The second kappa shape index (κ2) is 8.26. The molecule has 0 bridgehead atoms. The van der Waals surface area contributed by atoms with Crippen LogP contribution in [0.2, 0.25) is 0 Å². The molecular formula is C21H27N3O. The zero-order chi connectivity index (χ0) is 17.6. The number of pyridine rings is 1. The number of nitrogens with zero attached hydrogens (tertiary/aromatic N) is 3. The number of amides is 1. The molecule has 2 heterocycles. The van der Waals surface area contributed by atoms with Gasteiger partial charge in [0.15, 0.2) is 0 Å². The maximum atomic E-state index is 12.7. The first kappa shape index (κ1) is 17.6. The van der Waals surface area contributed by atoms with E-state index < -0.39 is 0 Å². The summed E-state index contributed by atoms with van der Waals surface area (Å²) in [5, 5.41) is 0. The molecule has 1 amide bonds. The number of carbonyl (C=O) groups is 1. The van der Waals surface area contributed by atoms with Gasteiger partial charge in [-0.25, -0.2) is 0 Å². The molecule has 1 aromatic carbocycles. The van der Waals surface area contributed by atoms with E-state index in [2.05, 4.69) is 46.0 Å². The largest absolute Gasteiger partial charge is 0.334 e. The smallest absolute Gasteiger partial charge is 0.224 e. The van der Waals surface area contributed by atoms with Crippen molar-refractivity contribution >= 4 is 5.91 Å². The molecule has 0 spiro atoms. The Hall–Kier alpha value is -2.20. The van der Waals surface area contributed by atoms with Crippen molar-refractivity contribution in [1.29, 1.82) is 0 Å². The van der Waals surface area contributed by atoms with Gasteiger partial charge in [-0.15, -0.1) is 0 Å². The molecule has 0 aliphatic carbocycles. The first-order chi connectivity index (χ1) is 12.2. The zero-order valence-electron chi connectivity index (χ0n) is 15.2. The van der Waals surface area contributed by atoms with E-state index in [9.17, 15) is 4.79 Å². The molecule has 0 radical (unpaired) electrons. The van der Waals surface area contributed by atoms with Gasteiger partial charge in [-0.3, -0.25) is 14.7 Å². The van der Waals surface area contributed by atoms with Crippen LogP contribution < -0.4 is 0 Å². The fraction of sp³-hybridized carbons (Fsp3) is 0.429. The molecule has 1 aromatic heterocycles. The highest BCUT2D eigenvalue weighted by atomic mass is 16.2. The third-order valence-corrected chi connectivity index (χ3v) is 4.87. The number of aryl methyl sites for hydroxylation is 1. The monoisotopic (exact) mass is 337 g/mol. The van der Waals surface area contributed by atoms with Crippen molar-refractivity contribution in [2.45, 2.75) is 45.8 Å². The van der Waals surface area contributed by atoms with Crippen LogP contribution in [-0.2, 0) is 17.9 Å². The minimum atomic E-state index is 0.250. The summed E-state index contributed by atoms with van der Waals surface area (Å²) < 4.78 is 0. The molecule has 4 heteroatoms. The van der Waals surface area contributed by atoms with E-state index in [-0.39, 0.29) is 11.9 Å². The summed E-state index contributed by atoms with van der Waals surface area (Å²) in [6, 6.07) is 16.7. The van der Waals surface area contributed by atoms with Crippen molar-refractivity contribution in [2.75, 3.05) is 13.1 Å². The Labute approximate surface area is 150 Å². The van der Waals surface area contributed by atoms with Crippen LogP contribution in [0.3, 0.4) is 0 Å². The number of rotatable bonds is 5. The maximum absolute atomic E-state index is 12.7. The molecule has 1 atom stereocenters. The average Bonchev–Trinajstić information content (AvgIpc) is 2.76. The predicted octanol–water partition coefficient (Wildman–Crippen LogP) is 3.40. The van der Waals surface area contributed by atoms with Crippen LogP contribution in [-0.4, -0.2) is 39.8 Å². The van der Waals surface area contributed by atoms with Crippen molar-refractivity contribution in [3.63, 3.8) is 0 Å². The lowest BCUT2D eigenvalue weighted by molar-refractivity contribution is -0.133. The molecule has 4 nitrogen and oxygen atoms in total. The molecular weight excluding hydrogens is 310 g/mol. The standard InChI is InChI=1S/C21H27N3O/c1-3-20-16-23(15-19-11-7-8-17(2)22-19)13-12-21(25)24(20)14-18-9-5-4-6-10-18/h4-11,20H,3,12-16H2,1-2H3/t20-/m0/s1. The second-order valence-corrected chi connectivity index (χ2v) is 6.82. The number of hydrogen-bond donors (Lipinski definition) is 0. The summed E-state index contributed by atoms with van der Waals surface area (Å²) in [5.74, 6) is 0.260. The molecule has 3 rings (SSSR count). The Morgan fingerprint density at radius 3 is 2.60 bits per heavy atom. The van der Waals surface area contributed by atoms with Crippen LogP contribution in [0.4, 0.5) is 0 Å². The summed E-state index contributed by atoms with van der Waals surface area (Å²) in [5.41, 5.74) is 3.32. The SMILES string of the molecule is CC[C@H]1CN(Cc2cccc(C)n2)CCC(=O)N1Cc1ccccc1. The van der Waals surface area contributed by atoms with Gasteiger partial charge in [0.25, 0.3) is 0 Å². The van der Waals surface area contributed by atoms with Crippen molar-refractivity contribution in [3.05, 3.63) is 65.5 Å². The molecule has 0 N–H and O–H groups in total. The van der Waals surface area contributed by atoms with E-state index in [1.54, 1.807) is 0 Å². The van der Waals surface area contributed by atoms with Crippen LogP contribution in [0.25, 0.3) is 0 Å². The van der Waals surface area contributed by atoms with Gasteiger partial charge in [0.2, 0.25) is 5.91 Å². The maximum Gasteiger partial charge on any atom is 0.224 e. The molecule has 1 aliphatic rings. The summed E-state index contributed by atoms with van der Waals surface area (Å²) in [7, 11) is 0. The lowest BCUT2D eigenvalue weighted by Crippen LogP contribution is -2.42. The summed E-state index contributed by atoms with van der Waals surface area (Å²) in [4.78, 5) is 21.8. The lowest BCUT2D eigenvalue weighted by atomic mass is 10.1. The van der Waals surface area contributed by atoms with Gasteiger partial charge >= 0.3 is 0 Å². The Morgan fingerprint density at radius 2 is 1.88 bits per heavy atom. The normalized spacial score (nSPS) is 19.0. The molecule has 2 aromatic rings. The zero-order valence-corrected chi connectivity index (χ0v) is 15.2. The Kier molecular flexibility index (Phi) is 5.82. The van der Waals surface area contributed by atoms with Gasteiger partial charge in [0.1, 0.15) is 0 Å². The predicted molar refractivity (Wildman–Crippen MR) is 99.9 cm³/mol. The molecule has 0 saturated carbocycles. The van der Waals surface area contributed by atoms with Crippen molar-refractivity contribution < 1.29 is 4.79 Å². The van der Waals surface area contributed by atoms with Crippen LogP contribution in [0.5, 0.6) is 0 Å². The van der Waals surface area contributed by atoms with Crippen molar-refractivity contribution in [3.8, 4) is 0 Å². The van der Waals surface area contributed by atoms with Crippen molar-refractivity contribution in [2.24, 2.45) is 0 Å². The van der Waals surface area contributed by atoms with Crippen LogP contribution in [0.15, 0.2) is 48.5 Å². The number of benzene rings is 1. The van der Waals surface area contributed by atoms with E-state index in [0.717, 1.165) is 37.4 Å². The van der Waals surface area contributed by atoms with Crippen molar-refractivity contribution in [1.82, 2.24) is 14.8 Å². The lowest BCUT2D eigenvalue weighted by Gasteiger charge is -2.31. The van der Waals surface area contributed by atoms with Gasteiger partial charge < -0.3 is 4.90 Å². The fourth-order valence-electron chi connectivity index (χ4n) is 3.50. The van der Waals surface area contributed by atoms with Crippen LogP contribution in [0, 0.1) is 6.92 Å². The van der Waals surface area contributed by atoms with Gasteiger partial charge in [-0.1, -0.05) is 43.3 Å². The van der Waals surface area contributed by atoms with Gasteiger partial charge in [-0.2, -0.15) is 0 Å². The molecule has 0 unspecified atom stereocenters. The Morgan fingerprint density at radius 1 is 1.08 bits per heavy atom. The highest BCUT2D eigenvalue weighted by Crippen LogP contribution is 2.19. The highest BCUT2D eigenvalue weighted by Gasteiger charge is 2.28. The molecule has 1 aliphatic heterocycles. The van der Waals surface area contributed by atoms with E-state index in [0.29, 0.717) is 13.0 Å². The highest BCUT2D eigenvalue weighted by molar-refractivity contribution is 5.77. The number of aromatic nitrogens is 1. The number of carbonyl (C=O) groups excluding carboxylic acids is 1. The van der Waals surface area contributed by atoms with Gasteiger partial charge in [0.05, 0.1) is 5.69 Å². The Balaban J connectivity index is 1.72. The summed E-state index contributed by atoms with van der Waals surface area (Å²) in [6.07, 6.45) is 1.55. The third-order valence-electron chi connectivity index (χ3n) is 4.87. The molecule has 25 heavy (non-hydrogen) atoms. The topological polar surface area (TPSA) is 36.4 Å². The number of hydrogen-bond acceptors (Lipinski definition) is 3. The quantitative estimate of drug-likeness (QED) is 0.839. The van der Waals surface area contributed by atoms with E-state index in [1.165, 1.54) is 5.56 Å². The van der Waals surface area contributed by atoms with Crippen LogP contribution >= 0.6 is 0 Å². The van der Waals surface area contributed by atoms with E-state index >= 15 is 0 Å². The minimum absolute atomic E-state index is 0.250. The summed E-state index contributed by atoms with van der Waals surface area (Å²) >= 11 is 0. The minimum Gasteiger partial charge on any atom is -0.334 e. The van der Waals surface area contributed by atoms with Gasteiger partial charge in [0, 0.05) is 44.3 Å². The Bertz CT molecular complexity index is 701. The molecule has 132 valence electrons. The van der Waals surface area contributed by atoms with E-state index in [4.69, 9.17) is 0 Å². The van der Waals surface area contributed by atoms with Crippen LogP contribution in [0.1, 0.15) is 36.7 Å².